The highest BCUT2D eigenvalue weighted by Crippen LogP contribution is 2.30. The van der Waals surface area contributed by atoms with Crippen molar-refractivity contribution in [1.82, 2.24) is 4.90 Å². The van der Waals surface area contributed by atoms with Gasteiger partial charge in [0.15, 0.2) is 0 Å². The number of nitrogens with zero attached hydrogens (tertiary/aromatic N) is 1. The van der Waals surface area contributed by atoms with Gasteiger partial charge in [-0.15, -0.1) is 6.42 Å². The van der Waals surface area contributed by atoms with E-state index in [4.69, 9.17) is 6.42 Å². The van der Waals surface area contributed by atoms with Crippen molar-refractivity contribution in [3.05, 3.63) is 0 Å². The third-order valence-corrected chi connectivity index (χ3v) is 2.92. The lowest BCUT2D eigenvalue weighted by Gasteiger charge is -2.44. The van der Waals surface area contributed by atoms with Crippen LogP contribution in [0.5, 0.6) is 0 Å². The molecule has 0 saturated heterocycles. The van der Waals surface area contributed by atoms with E-state index in [0.29, 0.717) is 0 Å². The second kappa shape index (κ2) is 4.27. The van der Waals surface area contributed by atoms with E-state index >= 15 is 0 Å². The van der Waals surface area contributed by atoms with Crippen LogP contribution in [0.4, 0.5) is 8.78 Å². The van der Waals surface area contributed by atoms with Crippen LogP contribution in [0.1, 0.15) is 33.1 Å². The molecule has 0 radical (unpaired) electrons. The van der Waals surface area contributed by atoms with Gasteiger partial charge in [0.1, 0.15) is 0 Å². The minimum absolute atomic E-state index is 0.206. The van der Waals surface area contributed by atoms with Crippen molar-refractivity contribution in [3.63, 3.8) is 0 Å². The maximum atomic E-state index is 12.4. The van der Waals surface area contributed by atoms with Gasteiger partial charge in [-0.25, -0.2) is 8.78 Å². The van der Waals surface area contributed by atoms with Crippen LogP contribution in [0.2, 0.25) is 0 Å². The molecule has 0 unspecified atom stereocenters. The molecule has 3 heteroatoms. The number of halogens is 2. The molecule has 1 nitrogen and oxygen atoms in total. The molecule has 0 bridgehead atoms. The number of hydrogen-bond acceptors (Lipinski definition) is 1. The van der Waals surface area contributed by atoms with Crippen molar-refractivity contribution in [2.75, 3.05) is 6.54 Å². The number of alkyl halides is 2. The van der Waals surface area contributed by atoms with Crippen LogP contribution in [0.3, 0.4) is 0 Å². The summed E-state index contributed by atoms with van der Waals surface area (Å²) in [5.74, 6) is 2.59. The Balaban J connectivity index is 2.66. The second-order valence-electron chi connectivity index (χ2n) is 4.33. The molecule has 0 aromatic rings. The van der Waals surface area contributed by atoms with Gasteiger partial charge >= 0.3 is 0 Å². The van der Waals surface area contributed by atoms with Crippen LogP contribution in [0.15, 0.2) is 0 Å². The van der Waals surface area contributed by atoms with Crippen LogP contribution < -0.4 is 0 Å². The smallest absolute Gasteiger partial charge is 0.251 e. The molecule has 1 saturated carbocycles. The topological polar surface area (TPSA) is 3.24 Å². The molecule has 0 aromatic carbocycles. The van der Waals surface area contributed by atoms with E-state index in [1.165, 1.54) is 0 Å². The summed E-state index contributed by atoms with van der Waals surface area (Å²) in [6, 6.07) is 0.259. The fourth-order valence-electron chi connectivity index (χ4n) is 1.76. The van der Waals surface area contributed by atoms with Gasteiger partial charge in [0.05, 0.1) is 12.1 Å². The largest absolute Gasteiger partial charge is 0.279 e. The highest BCUT2D eigenvalue weighted by molar-refractivity contribution is 5.10. The minimum Gasteiger partial charge on any atom is -0.279 e. The van der Waals surface area contributed by atoms with Gasteiger partial charge in [-0.05, 0) is 26.7 Å². The van der Waals surface area contributed by atoms with Gasteiger partial charge in [0.25, 0.3) is 6.43 Å². The third-order valence-electron chi connectivity index (χ3n) is 2.92. The molecule has 0 amide bonds. The summed E-state index contributed by atoms with van der Waals surface area (Å²) in [4.78, 5) is 1.77. The predicted octanol–water partition coefficient (Wildman–Crippen LogP) is 2.52. The first-order chi connectivity index (χ1) is 6.47. The Morgan fingerprint density at radius 2 is 2.07 bits per heavy atom. The maximum absolute atomic E-state index is 12.4. The Labute approximate surface area is 84.5 Å². The summed E-state index contributed by atoms with van der Waals surface area (Å²) < 4.78 is 24.7. The summed E-state index contributed by atoms with van der Waals surface area (Å²) in [6.45, 7) is 3.45. The monoisotopic (exact) mass is 201 g/mol. The lowest BCUT2D eigenvalue weighted by Crippen LogP contribution is -2.53. The average molecular weight is 201 g/mol. The first-order valence-electron chi connectivity index (χ1n) is 5.00. The summed E-state index contributed by atoms with van der Waals surface area (Å²) in [7, 11) is 0. The van der Waals surface area contributed by atoms with E-state index in [0.717, 1.165) is 19.3 Å². The molecular weight excluding hydrogens is 184 g/mol. The third kappa shape index (κ3) is 2.45. The van der Waals surface area contributed by atoms with Gasteiger partial charge in [-0.2, -0.15) is 0 Å². The molecule has 0 N–H and O–H groups in total. The zero-order valence-electron chi connectivity index (χ0n) is 8.76. The van der Waals surface area contributed by atoms with Crippen molar-refractivity contribution in [2.45, 2.75) is 51.1 Å². The molecule has 0 spiro atoms. The highest BCUT2D eigenvalue weighted by Gasteiger charge is 2.35. The molecule has 0 heterocycles. The van der Waals surface area contributed by atoms with Crippen molar-refractivity contribution in [3.8, 4) is 12.3 Å². The van der Waals surface area contributed by atoms with E-state index in [1.54, 1.807) is 4.90 Å². The second-order valence-corrected chi connectivity index (χ2v) is 4.33. The van der Waals surface area contributed by atoms with E-state index < -0.39 is 12.0 Å². The van der Waals surface area contributed by atoms with Crippen molar-refractivity contribution >= 4 is 0 Å². The summed E-state index contributed by atoms with van der Waals surface area (Å²) in [6.07, 6.45) is 6.19. The SMILES string of the molecule is C#CC(C)(C)N(CC(F)F)C1CCC1. The van der Waals surface area contributed by atoms with E-state index in [2.05, 4.69) is 5.92 Å². The Kier molecular flexibility index (Phi) is 3.49. The van der Waals surface area contributed by atoms with Crippen LogP contribution in [-0.4, -0.2) is 29.5 Å². The minimum atomic E-state index is -2.30. The van der Waals surface area contributed by atoms with E-state index in [9.17, 15) is 8.78 Å². The number of hydrogen-bond donors (Lipinski definition) is 0. The van der Waals surface area contributed by atoms with Gasteiger partial charge in [0, 0.05) is 6.04 Å². The van der Waals surface area contributed by atoms with Gasteiger partial charge < -0.3 is 0 Å². The lowest BCUT2D eigenvalue weighted by molar-refractivity contribution is 0.00119. The van der Waals surface area contributed by atoms with Crippen molar-refractivity contribution < 1.29 is 8.78 Å². The van der Waals surface area contributed by atoms with Gasteiger partial charge in [-0.3, -0.25) is 4.90 Å². The molecular formula is C11H17F2N. The predicted molar refractivity (Wildman–Crippen MR) is 53.3 cm³/mol. The standard InChI is InChI=1S/C11H17F2N/c1-4-11(2,3)14(8-10(12)13)9-6-5-7-9/h1,9-10H,5-8H2,2-3H3. The molecule has 0 aromatic heterocycles. The first-order valence-corrected chi connectivity index (χ1v) is 5.00. The fourth-order valence-corrected chi connectivity index (χ4v) is 1.76. The highest BCUT2D eigenvalue weighted by atomic mass is 19.3. The van der Waals surface area contributed by atoms with Crippen LogP contribution in [0.25, 0.3) is 0 Å². The number of rotatable bonds is 4. The zero-order chi connectivity index (χ0) is 10.8. The van der Waals surface area contributed by atoms with Crippen LogP contribution in [0, 0.1) is 12.3 Å². The quantitative estimate of drug-likeness (QED) is 0.632. The Hall–Kier alpha value is -0.620. The summed E-state index contributed by atoms with van der Waals surface area (Å²) in [5.41, 5.74) is -0.554. The zero-order valence-corrected chi connectivity index (χ0v) is 8.76. The lowest BCUT2D eigenvalue weighted by atomic mass is 9.87. The van der Waals surface area contributed by atoms with E-state index in [1.807, 2.05) is 13.8 Å². The molecule has 0 atom stereocenters. The maximum Gasteiger partial charge on any atom is 0.251 e. The molecule has 0 aliphatic heterocycles. The normalized spacial score (nSPS) is 18.4. The fraction of sp³-hybridized carbons (Fsp3) is 0.818. The average Bonchev–Trinajstić information content (AvgIpc) is 1.99. The van der Waals surface area contributed by atoms with Crippen LogP contribution >= 0.6 is 0 Å². The Bertz CT molecular complexity index is 226. The molecule has 1 rings (SSSR count). The molecule has 80 valence electrons. The summed E-state index contributed by atoms with van der Waals surface area (Å²) >= 11 is 0. The van der Waals surface area contributed by atoms with Crippen molar-refractivity contribution in [2.24, 2.45) is 0 Å². The van der Waals surface area contributed by atoms with Gasteiger partial charge in [0.2, 0.25) is 0 Å². The van der Waals surface area contributed by atoms with Crippen LogP contribution in [-0.2, 0) is 0 Å². The van der Waals surface area contributed by atoms with Crippen molar-refractivity contribution in [1.29, 1.82) is 0 Å². The number of terminal acetylenes is 1. The van der Waals surface area contributed by atoms with E-state index in [-0.39, 0.29) is 12.6 Å². The molecule has 14 heavy (non-hydrogen) atoms. The van der Waals surface area contributed by atoms with Gasteiger partial charge in [-0.1, -0.05) is 12.3 Å². The molecule has 1 aliphatic rings. The first kappa shape index (κ1) is 11.5. The Morgan fingerprint density at radius 3 is 2.36 bits per heavy atom. The molecule has 1 fully saturated rings. The summed E-state index contributed by atoms with van der Waals surface area (Å²) in [5, 5.41) is 0. The molecule has 1 aliphatic carbocycles. The Morgan fingerprint density at radius 1 is 1.50 bits per heavy atom.